The van der Waals surface area contributed by atoms with Crippen molar-refractivity contribution in [3.63, 3.8) is 0 Å². The van der Waals surface area contributed by atoms with Crippen molar-refractivity contribution in [3.8, 4) is 57.3 Å². The number of nitrogens with one attached hydrogen (secondary N) is 1. The number of ether oxygens (including phenoxy) is 2. The number of fused-ring (bicyclic) bond motifs is 9. The predicted molar refractivity (Wildman–Crippen MR) is 303 cm³/mol. The Morgan fingerprint density at radius 1 is 0.700 bits per heavy atom. The van der Waals surface area contributed by atoms with Crippen LogP contribution < -0.4 is 15.2 Å². The summed E-state index contributed by atoms with van der Waals surface area (Å²) in [6.07, 6.45) is 18.7. The zero-order chi connectivity index (χ0) is 54.9. The van der Waals surface area contributed by atoms with Crippen molar-refractivity contribution in [2.24, 2.45) is 51.6 Å². The van der Waals surface area contributed by atoms with E-state index in [1.165, 1.54) is 92.7 Å². The molecule has 10 N–H and O–H groups in total. The number of carbonyl (C=O) groups excluding carboxylic acids is 1. The lowest BCUT2D eigenvalue weighted by Gasteiger charge is -2.56. The number of phenolic OH excluding ortho intramolecular Hbond substituents is 6. The standard InChI is InChI=1S/C68H76N2O10/c69-37-80-56-27-38(11-15-53(56)74)10-14-52(73)48-29-41(28-40-12-13-44(72)32-54(40)75)47-30-42-31-51(58(59(47)61(48)77)49-33-55(76)62(78)63(57(42)49)79-34-39-6-5-7-43(71)26-39)68-24-23-67(22-21-66(36-67)20-19-65(35-66)17-3-4-18-65)64(68)46-16-25-70-60(46)45-8-1-2-9-50(45)68/h1-2,5-9,11-13,15-16,25-27,32-33,41-42,47-48,51,58-59,61,64,70-72,74-78H,3-4,10,14,17-24,28-31,34-37,69H2/t41-,42-,47+,48+,51-,58-,59+,61-,64-,66-,67-,68-/m0/s1. The first-order valence-corrected chi connectivity index (χ1v) is 29.8. The number of ketones is 1. The SMILES string of the molecule is NCOc1cc(CCC(=O)[C@H]2C[C@H](Cc3ccc(O)cc3O)[C@H]3C[C@H]4C[C@H]([C@@]56CC[C@]7(CC[C@]8(CCC9(CCCC9)C8)C7)[C@@H]5c5cc[nH]c5-c5ccccc56)[C@H](c5cc(O)c(O)c(OCc6cccc(O)c6)c54)[C@@H]3[C@H]2O)ccc1O. The number of aliphatic hydroxyl groups excluding tert-OH is 1. The van der Waals surface area contributed by atoms with Gasteiger partial charge >= 0.3 is 0 Å². The summed E-state index contributed by atoms with van der Waals surface area (Å²) in [5.74, 6) is -2.54. The maximum absolute atomic E-state index is 15.3. The molecule has 12 atom stereocenters. The van der Waals surface area contributed by atoms with E-state index >= 15 is 4.79 Å². The molecule has 12 heteroatoms. The van der Waals surface area contributed by atoms with Gasteiger partial charge in [0.1, 0.15) is 36.4 Å². The number of aromatic nitrogens is 1. The van der Waals surface area contributed by atoms with E-state index in [9.17, 15) is 35.7 Å². The van der Waals surface area contributed by atoms with Crippen LogP contribution in [0.5, 0.6) is 46.0 Å². The molecule has 3 spiro atoms. The average Bonchev–Trinajstić information content (AvgIpc) is 4.45. The second-order valence-corrected chi connectivity index (χ2v) is 26.5. The van der Waals surface area contributed by atoms with E-state index < -0.39 is 29.3 Å². The number of aromatic hydroxyl groups is 6. The second-order valence-electron chi connectivity index (χ2n) is 26.5. The summed E-state index contributed by atoms with van der Waals surface area (Å²) < 4.78 is 12.3. The van der Waals surface area contributed by atoms with Crippen molar-refractivity contribution in [2.75, 3.05) is 6.73 Å². The summed E-state index contributed by atoms with van der Waals surface area (Å²) in [5, 5.41) is 81.2. The fourth-order valence-corrected chi connectivity index (χ4v) is 20.0. The first-order valence-electron chi connectivity index (χ1n) is 29.8. The molecule has 9 aliphatic carbocycles. The van der Waals surface area contributed by atoms with Gasteiger partial charge in [0, 0.05) is 52.8 Å². The lowest BCUT2D eigenvalue weighted by molar-refractivity contribution is -0.136. The van der Waals surface area contributed by atoms with Crippen LogP contribution in [-0.4, -0.2) is 59.3 Å². The molecule has 12 nitrogen and oxygen atoms in total. The van der Waals surface area contributed by atoms with Crippen LogP contribution in [0.4, 0.5) is 0 Å². The molecule has 0 radical (unpaired) electrons. The summed E-state index contributed by atoms with van der Waals surface area (Å²) in [5.41, 5.74) is 15.1. The van der Waals surface area contributed by atoms with Gasteiger partial charge in [-0.1, -0.05) is 61.4 Å². The summed E-state index contributed by atoms with van der Waals surface area (Å²) in [6.45, 7) is -0.0998. The maximum Gasteiger partial charge on any atom is 0.200 e. The Bertz CT molecular complexity index is 3400. The lowest BCUT2D eigenvalue weighted by atomic mass is 9.47. The molecule has 6 aromatic rings. The third kappa shape index (κ3) is 8.06. The zero-order valence-corrected chi connectivity index (χ0v) is 45.6. The fourth-order valence-electron chi connectivity index (χ4n) is 20.0. The first-order chi connectivity index (χ1) is 38.7. The number of benzene rings is 5. The monoisotopic (exact) mass is 1080 g/mol. The number of rotatable bonds is 12. The molecule has 6 saturated carbocycles. The first kappa shape index (κ1) is 51.5. The van der Waals surface area contributed by atoms with Gasteiger partial charge in [0.15, 0.2) is 23.0 Å². The van der Waals surface area contributed by atoms with Crippen molar-refractivity contribution in [2.45, 2.75) is 151 Å². The van der Waals surface area contributed by atoms with E-state index in [0.717, 1.165) is 36.0 Å². The minimum atomic E-state index is -1.10. The largest absolute Gasteiger partial charge is 0.508 e. The van der Waals surface area contributed by atoms with E-state index in [-0.39, 0.29) is 107 Å². The molecule has 6 fully saturated rings. The van der Waals surface area contributed by atoms with Crippen LogP contribution in [0, 0.1) is 45.8 Å². The summed E-state index contributed by atoms with van der Waals surface area (Å²) in [6, 6.07) is 29.8. The number of phenols is 6. The van der Waals surface area contributed by atoms with Gasteiger partial charge in [-0.3, -0.25) is 10.5 Å². The molecule has 0 unspecified atom stereocenters. The summed E-state index contributed by atoms with van der Waals surface area (Å²) in [4.78, 5) is 19.1. The van der Waals surface area contributed by atoms with Crippen molar-refractivity contribution < 1.29 is 50.0 Å². The van der Waals surface area contributed by atoms with Gasteiger partial charge in [-0.2, -0.15) is 0 Å². The smallest absolute Gasteiger partial charge is 0.200 e. The molecule has 2 bridgehead atoms. The third-order valence-corrected chi connectivity index (χ3v) is 22.8. The topological polar surface area (TPSA) is 219 Å². The fraction of sp³-hybridized carbons (Fsp3) is 0.485. The molecule has 0 aliphatic heterocycles. The van der Waals surface area contributed by atoms with Gasteiger partial charge in [0.05, 0.1) is 6.10 Å². The normalized spacial score (nSPS) is 32.1. The Labute approximate surface area is 468 Å². The number of aromatic amines is 1. The Hall–Kier alpha value is -6.63. The zero-order valence-electron chi connectivity index (χ0n) is 45.6. The Balaban J connectivity index is 0.942. The van der Waals surface area contributed by atoms with Gasteiger partial charge in [-0.25, -0.2) is 0 Å². The van der Waals surface area contributed by atoms with Crippen LogP contribution in [0.2, 0.25) is 0 Å². The van der Waals surface area contributed by atoms with E-state index in [2.05, 4.69) is 41.5 Å². The summed E-state index contributed by atoms with van der Waals surface area (Å²) in [7, 11) is 0. The second kappa shape index (κ2) is 19.3. The minimum absolute atomic E-state index is 0.0234. The number of hydrogen-bond acceptors (Lipinski definition) is 11. The van der Waals surface area contributed by atoms with Crippen LogP contribution in [0.3, 0.4) is 0 Å². The minimum Gasteiger partial charge on any atom is -0.508 e. The highest BCUT2D eigenvalue weighted by atomic mass is 16.5. The van der Waals surface area contributed by atoms with Crippen molar-refractivity contribution in [1.82, 2.24) is 4.98 Å². The molecule has 0 amide bonds. The van der Waals surface area contributed by atoms with Gasteiger partial charge in [-0.05, 0) is 224 Å². The highest BCUT2D eigenvalue weighted by Crippen LogP contribution is 2.80. The van der Waals surface area contributed by atoms with Crippen LogP contribution >= 0.6 is 0 Å². The van der Waals surface area contributed by atoms with E-state index in [4.69, 9.17) is 15.2 Å². The number of nitrogens with two attached hydrogens (primary N) is 1. The van der Waals surface area contributed by atoms with Gasteiger partial charge in [0.25, 0.3) is 0 Å². The molecule has 9 aliphatic rings. The van der Waals surface area contributed by atoms with Gasteiger partial charge < -0.3 is 50.2 Å². The van der Waals surface area contributed by atoms with Gasteiger partial charge in [0.2, 0.25) is 5.75 Å². The molecular formula is C68H76N2O10. The summed E-state index contributed by atoms with van der Waals surface area (Å²) >= 11 is 0. The Kier molecular flexibility index (Phi) is 12.4. The molecule has 80 heavy (non-hydrogen) atoms. The average molecular weight is 1080 g/mol. The highest BCUT2D eigenvalue weighted by Gasteiger charge is 2.71. The molecular weight excluding hydrogens is 1000 g/mol. The number of Topliss-reactive ketones (excluding diaryl/α,β-unsaturated/α-hetero) is 1. The van der Waals surface area contributed by atoms with Crippen LogP contribution in [-0.2, 0) is 29.7 Å². The lowest BCUT2D eigenvalue weighted by Crippen LogP contribution is -2.53. The molecule has 0 saturated heterocycles. The number of H-pyrrole nitrogens is 1. The van der Waals surface area contributed by atoms with Crippen LogP contribution in [0.15, 0.2) is 103 Å². The molecule has 5 aromatic carbocycles. The maximum atomic E-state index is 15.3. The van der Waals surface area contributed by atoms with Gasteiger partial charge in [-0.15, -0.1) is 0 Å². The van der Waals surface area contributed by atoms with Crippen molar-refractivity contribution >= 4 is 5.78 Å². The Morgan fingerprint density at radius 2 is 1.50 bits per heavy atom. The molecule has 1 aromatic heterocycles. The molecule has 1 heterocycles. The van der Waals surface area contributed by atoms with E-state index in [0.29, 0.717) is 47.6 Å². The van der Waals surface area contributed by atoms with E-state index in [1.807, 2.05) is 6.07 Å². The highest BCUT2D eigenvalue weighted by molar-refractivity contribution is 5.82. The quantitative estimate of drug-likeness (QED) is 0.0415. The predicted octanol–water partition coefficient (Wildman–Crippen LogP) is 12.8. The van der Waals surface area contributed by atoms with Crippen molar-refractivity contribution in [1.29, 1.82) is 0 Å². The van der Waals surface area contributed by atoms with Crippen LogP contribution in [0.25, 0.3) is 11.3 Å². The van der Waals surface area contributed by atoms with E-state index in [1.54, 1.807) is 54.6 Å². The van der Waals surface area contributed by atoms with Crippen molar-refractivity contribution in [3.05, 3.63) is 142 Å². The third-order valence-electron chi connectivity index (χ3n) is 22.8. The number of aliphatic hydroxyl groups is 1. The number of hydrogen-bond donors (Lipinski definition) is 9. The van der Waals surface area contributed by atoms with Crippen LogP contribution in [0.1, 0.15) is 159 Å². The number of carbonyl (C=O) groups is 1. The molecule has 15 rings (SSSR count). The number of aryl methyl sites for hydroxylation is 1. The Morgan fingerprint density at radius 3 is 2.33 bits per heavy atom. The molecule has 418 valence electrons.